The second-order valence-corrected chi connectivity index (χ2v) is 11.4. The Morgan fingerprint density at radius 2 is 1.71 bits per heavy atom. The molecule has 1 aliphatic heterocycles. The number of nitrogens with zero attached hydrogens (tertiary/aromatic N) is 2. The SMILES string of the molecule is CC(C)c1ccc(NC(=O)CC2CSC(=NC3C4CC5CC(C4)CC3C5)N2C)cc1.Cl. The van der Waals surface area contributed by atoms with Crippen LogP contribution in [0.3, 0.4) is 0 Å². The molecule has 1 saturated heterocycles. The summed E-state index contributed by atoms with van der Waals surface area (Å²) < 4.78 is 0. The number of aliphatic imine (C=N–C) groups is 1. The molecule has 1 amide bonds. The van der Waals surface area contributed by atoms with Crippen molar-refractivity contribution in [1.29, 1.82) is 0 Å². The standard InChI is InChI=1S/C25H35N3OS.ClH/c1-15(2)18-4-6-21(7-5-18)26-23(29)13-22-14-30-25(28(22)3)27-24-19-9-16-8-17(11-19)12-20(24)10-16;/h4-7,15-17,19-20,22,24H,8-14H2,1-3H3,(H,26,29);1H. The summed E-state index contributed by atoms with van der Waals surface area (Å²) >= 11 is 1.85. The van der Waals surface area contributed by atoms with E-state index in [0.29, 0.717) is 18.4 Å². The monoisotopic (exact) mass is 461 g/mol. The van der Waals surface area contributed by atoms with Gasteiger partial charge in [-0.25, -0.2) is 0 Å². The van der Waals surface area contributed by atoms with E-state index in [-0.39, 0.29) is 24.4 Å². The van der Waals surface area contributed by atoms with Crippen LogP contribution < -0.4 is 5.32 Å². The molecule has 170 valence electrons. The van der Waals surface area contributed by atoms with E-state index in [9.17, 15) is 4.79 Å². The molecule has 1 heterocycles. The topological polar surface area (TPSA) is 44.7 Å². The van der Waals surface area contributed by atoms with Crippen LogP contribution in [0.2, 0.25) is 0 Å². The third-order valence-electron chi connectivity index (χ3n) is 7.97. The van der Waals surface area contributed by atoms with E-state index in [1.807, 2.05) is 23.9 Å². The van der Waals surface area contributed by atoms with Gasteiger partial charge in [-0.1, -0.05) is 37.7 Å². The second-order valence-electron chi connectivity index (χ2n) is 10.4. The number of rotatable bonds is 5. The molecule has 4 bridgehead atoms. The second kappa shape index (κ2) is 9.35. The highest BCUT2D eigenvalue weighted by Gasteiger charge is 2.48. The molecule has 4 saturated carbocycles. The zero-order valence-corrected chi connectivity index (χ0v) is 20.6. The Bertz CT molecular complexity index is 797. The van der Waals surface area contributed by atoms with Gasteiger partial charge in [0, 0.05) is 31.0 Å². The quantitative estimate of drug-likeness (QED) is 0.603. The van der Waals surface area contributed by atoms with Crippen LogP contribution in [0.5, 0.6) is 0 Å². The van der Waals surface area contributed by atoms with Gasteiger partial charge in [-0.05, 0) is 79.4 Å². The summed E-state index contributed by atoms with van der Waals surface area (Å²) in [5, 5.41) is 4.25. The Morgan fingerprint density at radius 3 is 2.29 bits per heavy atom. The fraction of sp³-hybridized carbons (Fsp3) is 0.680. The van der Waals surface area contributed by atoms with E-state index in [0.717, 1.165) is 35.1 Å². The van der Waals surface area contributed by atoms with Gasteiger partial charge < -0.3 is 10.2 Å². The normalized spacial score (nSPS) is 35.0. The zero-order valence-electron chi connectivity index (χ0n) is 18.9. The molecule has 1 aromatic rings. The van der Waals surface area contributed by atoms with E-state index in [1.54, 1.807) is 0 Å². The van der Waals surface area contributed by atoms with Crippen LogP contribution in [0.15, 0.2) is 29.3 Å². The molecule has 0 radical (unpaired) electrons. The number of carbonyl (C=O) groups is 1. The molecule has 1 atom stereocenters. The molecule has 5 aliphatic rings. The number of halogens is 1. The number of benzene rings is 1. The Hall–Kier alpha value is -1.20. The Balaban J connectivity index is 0.00000231. The van der Waals surface area contributed by atoms with Gasteiger partial charge in [0.05, 0.1) is 6.04 Å². The first-order valence-electron chi connectivity index (χ1n) is 11.8. The minimum absolute atomic E-state index is 0. The van der Waals surface area contributed by atoms with Crippen molar-refractivity contribution in [3.05, 3.63) is 29.8 Å². The van der Waals surface area contributed by atoms with Gasteiger partial charge in [0.1, 0.15) is 0 Å². The lowest BCUT2D eigenvalue weighted by atomic mass is 9.54. The van der Waals surface area contributed by atoms with Crippen molar-refractivity contribution in [2.24, 2.45) is 28.7 Å². The van der Waals surface area contributed by atoms with Crippen molar-refractivity contribution in [2.45, 2.75) is 70.4 Å². The summed E-state index contributed by atoms with van der Waals surface area (Å²) in [6.07, 6.45) is 7.64. The van der Waals surface area contributed by atoms with Gasteiger partial charge in [0.2, 0.25) is 5.91 Å². The van der Waals surface area contributed by atoms with Crippen molar-refractivity contribution in [3.8, 4) is 0 Å². The average Bonchev–Trinajstić information content (AvgIpc) is 3.04. The number of nitrogens with one attached hydrogen (secondary N) is 1. The lowest BCUT2D eigenvalue weighted by Crippen LogP contribution is -2.48. The number of amides is 1. The van der Waals surface area contributed by atoms with Crippen molar-refractivity contribution in [2.75, 3.05) is 18.1 Å². The van der Waals surface area contributed by atoms with Crippen LogP contribution >= 0.6 is 24.2 Å². The largest absolute Gasteiger partial charge is 0.350 e. The maximum Gasteiger partial charge on any atom is 0.226 e. The van der Waals surface area contributed by atoms with Crippen LogP contribution in [0.4, 0.5) is 5.69 Å². The van der Waals surface area contributed by atoms with Gasteiger partial charge in [-0.3, -0.25) is 9.79 Å². The Labute approximate surface area is 197 Å². The van der Waals surface area contributed by atoms with Crippen LogP contribution in [0.25, 0.3) is 0 Å². The predicted molar refractivity (Wildman–Crippen MR) is 133 cm³/mol. The summed E-state index contributed by atoms with van der Waals surface area (Å²) in [6, 6.07) is 9.01. The number of carbonyl (C=O) groups excluding carboxylic acids is 1. The maximum absolute atomic E-state index is 12.6. The first kappa shape index (κ1) is 23.0. The highest BCUT2D eigenvalue weighted by atomic mass is 35.5. The Kier molecular flexibility index (Phi) is 6.93. The highest BCUT2D eigenvalue weighted by molar-refractivity contribution is 8.14. The molecular formula is C25H36ClN3OS. The van der Waals surface area contributed by atoms with Gasteiger partial charge in [0.25, 0.3) is 0 Å². The molecule has 5 fully saturated rings. The summed E-state index contributed by atoms with van der Waals surface area (Å²) in [5.41, 5.74) is 2.19. The minimum atomic E-state index is 0. The van der Waals surface area contributed by atoms with Gasteiger partial charge in [-0.15, -0.1) is 12.4 Å². The van der Waals surface area contributed by atoms with Crippen LogP contribution in [0.1, 0.15) is 63.9 Å². The van der Waals surface area contributed by atoms with Crippen LogP contribution in [-0.2, 0) is 4.79 Å². The van der Waals surface area contributed by atoms with Crippen LogP contribution in [0, 0.1) is 23.7 Å². The van der Waals surface area contributed by atoms with Gasteiger partial charge in [0.15, 0.2) is 5.17 Å². The lowest BCUT2D eigenvalue weighted by molar-refractivity contribution is -0.116. The summed E-state index contributed by atoms with van der Waals surface area (Å²) in [6.45, 7) is 4.37. The zero-order chi connectivity index (χ0) is 20.8. The molecule has 1 unspecified atom stereocenters. The molecule has 31 heavy (non-hydrogen) atoms. The molecular weight excluding hydrogens is 426 g/mol. The summed E-state index contributed by atoms with van der Waals surface area (Å²) in [5.74, 6) is 5.18. The highest BCUT2D eigenvalue weighted by Crippen LogP contribution is 2.55. The van der Waals surface area contributed by atoms with Gasteiger partial charge in [-0.2, -0.15) is 0 Å². The van der Waals surface area contributed by atoms with Crippen LogP contribution in [-0.4, -0.2) is 40.9 Å². The molecule has 1 aromatic carbocycles. The van der Waals surface area contributed by atoms with Crippen molar-refractivity contribution < 1.29 is 4.79 Å². The molecule has 0 aromatic heterocycles. The molecule has 6 rings (SSSR count). The fourth-order valence-electron chi connectivity index (χ4n) is 6.48. The van der Waals surface area contributed by atoms with Crippen molar-refractivity contribution in [3.63, 3.8) is 0 Å². The predicted octanol–water partition coefficient (Wildman–Crippen LogP) is 5.79. The lowest BCUT2D eigenvalue weighted by Gasteiger charge is -2.53. The molecule has 0 spiro atoms. The van der Waals surface area contributed by atoms with Gasteiger partial charge >= 0.3 is 0 Å². The number of thioether (sulfide) groups is 1. The fourth-order valence-corrected chi connectivity index (χ4v) is 7.71. The smallest absolute Gasteiger partial charge is 0.226 e. The van der Waals surface area contributed by atoms with E-state index in [1.165, 1.54) is 42.8 Å². The number of amidine groups is 1. The molecule has 6 heteroatoms. The molecule has 4 aliphatic carbocycles. The van der Waals surface area contributed by atoms with Crippen molar-refractivity contribution >= 4 is 40.9 Å². The van der Waals surface area contributed by atoms with E-state index in [2.05, 4.69) is 43.2 Å². The maximum atomic E-state index is 12.6. The number of hydrogen-bond acceptors (Lipinski definition) is 3. The molecule has 4 nitrogen and oxygen atoms in total. The van der Waals surface area contributed by atoms with E-state index < -0.39 is 0 Å². The first-order chi connectivity index (χ1) is 14.5. The molecule has 1 N–H and O–H groups in total. The Morgan fingerprint density at radius 1 is 1.10 bits per heavy atom. The number of anilines is 1. The van der Waals surface area contributed by atoms with E-state index >= 15 is 0 Å². The third-order valence-corrected chi connectivity index (χ3v) is 9.18. The number of hydrogen-bond donors (Lipinski definition) is 1. The van der Waals surface area contributed by atoms with E-state index in [4.69, 9.17) is 4.99 Å². The van der Waals surface area contributed by atoms with Crippen molar-refractivity contribution in [1.82, 2.24) is 4.90 Å². The average molecular weight is 462 g/mol. The minimum Gasteiger partial charge on any atom is -0.350 e. The summed E-state index contributed by atoms with van der Waals surface area (Å²) in [7, 11) is 2.13. The third kappa shape index (κ3) is 4.78. The first-order valence-corrected chi connectivity index (χ1v) is 12.8. The summed E-state index contributed by atoms with van der Waals surface area (Å²) in [4.78, 5) is 20.2.